The van der Waals surface area contributed by atoms with Gasteiger partial charge in [0.1, 0.15) is 6.23 Å². The largest absolute Gasteiger partial charge is 0.524 e. The van der Waals surface area contributed by atoms with E-state index >= 15 is 0 Å². The molecule has 1 aliphatic rings. The van der Waals surface area contributed by atoms with Gasteiger partial charge >= 0.3 is 6.36 Å². The van der Waals surface area contributed by atoms with E-state index in [1.807, 2.05) is 0 Å². The summed E-state index contributed by atoms with van der Waals surface area (Å²) in [4.78, 5) is 0. The summed E-state index contributed by atoms with van der Waals surface area (Å²) in [7, 11) is 0. The Kier molecular flexibility index (Phi) is 1.85. The van der Waals surface area contributed by atoms with Crippen LogP contribution in [0, 0.1) is 0 Å². The number of hydrogen-bond donors (Lipinski definition) is 1. The van der Waals surface area contributed by atoms with Gasteiger partial charge in [-0.25, -0.2) is 0 Å². The Morgan fingerprint density at radius 1 is 1.50 bits per heavy atom. The van der Waals surface area contributed by atoms with E-state index in [0.717, 1.165) is 0 Å². The van der Waals surface area contributed by atoms with Crippen molar-refractivity contribution >= 4 is 0 Å². The minimum absolute atomic E-state index is 0.263. The third-order valence-electron chi connectivity index (χ3n) is 1.03. The summed E-state index contributed by atoms with van der Waals surface area (Å²) in [5.41, 5.74) is 0. The highest BCUT2D eigenvalue weighted by atomic mass is 19.4. The van der Waals surface area contributed by atoms with E-state index in [2.05, 4.69) is 10.1 Å². The van der Waals surface area contributed by atoms with Crippen LogP contribution in [0.15, 0.2) is 12.3 Å². The van der Waals surface area contributed by atoms with Gasteiger partial charge < -0.3 is 5.32 Å². The van der Waals surface area contributed by atoms with Crippen molar-refractivity contribution in [1.29, 1.82) is 0 Å². The third-order valence-corrected chi connectivity index (χ3v) is 1.03. The first-order valence-corrected chi connectivity index (χ1v) is 2.73. The van der Waals surface area contributed by atoms with Crippen LogP contribution in [0.1, 0.15) is 6.42 Å². The first kappa shape index (κ1) is 7.40. The van der Waals surface area contributed by atoms with Crippen molar-refractivity contribution in [2.45, 2.75) is 19.0 Å². The molecule has 1 N–H and O–H groups in total. The lowest BCUT2D eigenvalue weighted by Gasteiger charge is -2.13. The van der Waals surface area contributed by atoms with Crippen LogP contribution in [0.4, 0.5) is 13.2 Å². The topological polar surface area (TPSA) is 21.3 Å². The van der Waals surface area contributed by atoms with Crippen molar-refractivity contribution < 1.29 is 17.9 Å². The smallest absolute Gasteiger partial charge is 0.366 e. The van der Waals surface area contributed by atoms with Gasteiger partial charge in [-0.15, -0.1) is 13.2 Å². The minimum Gasteiger partial charge on any atom is -0.366 e. The van der Waals surface area contributed by atoms with Crippen LogP contribution in [-0.4, -0.2) is 12.6 Å². The zero-order valence-electron chi connectivity index (χ0n) is 4.98. The number of hydrogen-bond acceptors (Lipinski definition) is 2. The van der Waals surface area contributed by atoms with Crippen LogP contribution in [-0.2, 0) is 4.74 Å². The summed E-state index contributed by atoms with van der Waals surface area (Å²) in [5, 5.41) is 2.39. The molecule has 0 bridgehead atoms. The summed E-state index contributed by atoms with van der Waals surface area (Å²) in [6.45, 7) is 0. The van der Waals surface area contributed by atoms with Crippen LogP contribution < -0.4 is 5.32 Å². The highest BCUT2D eigenvalue weighted by molar-refractivity contribution is 4.90. The molecule has 0 fully saturated rings. The van der Waals surface area contributed by atoms with Crippen molar-refractivity contribution in [3.63, 3.8) is 0 Å². The molecule has 0 aliphatic carbocycles. The van der Waals surface area contributed by atoms with Crippen molar-refractivity contribution in [3.05, 3.63) is 12.3 Å². The molecule has 1 heterocycles. The lowest BCUT2D eigenvalue weighted by molar-refractivity contribution is -0.343. The van der Waals surface area contributed by atoms with Gasteiger partial charge in [-0.3, -0.25) is 4.74 Å². The van der Waals surface area contributed by atoms with Gasteiger partial charge in [-0.1, -0.05) is 6.08 Å². The number of nitrogens with one attached hydrogen (secondary N) is 1. The molecule has 58 valence electrons. The second-order valence-electron chi connectivity index (χ2n) is 1.86. The van der Waals surface area contributed by atoms with Gasteiger partial charge in [0.2, 0.25) is 0 Å². The number of ether oxygens (including phenoxy) is 1. The minimum atomic E-state index is -4.54. The fraction of sp³-hybridized carbons (Fsp3) is 0.600. The molecule has 0 aromatic carbocycles. The average Bonchev–Trinajstić information content (AvgIpc) is 2.12. The molecule has 1 aliphatic heterocycles. The summed E-state index contributed by atoms with van der Waals surface area (Å²) in [6, 6.07) is 0. The monoisotopic (exact) mass is 153 g/mol. The maximum atomic E-state index is 11.4. The Labute approximate surface area is 55.7 Å². The molecule has 2 nitrogen and oxygen atoms in total. The quantitative estimate of drug-likeness (QED) is 0.614. The molecule has 0 spiro atoms. The van der Waals surface area contributed by atoms with E-state index in [9.17, 15) is 13.2 Å². The van der Waals surface area contributed by atoms with Crippen molar-refractivity contribution in [2.24, 2.45) is 0 Å². The Bertz CT molecular complexity index is 134. The number of halogens is 3. The predicted octanol–water partition coefficient (Wildman–Crippen LogP) is 1.36. The predicted molar refractivity (Wildman–Crippen MR) is 27.8 cm³/mol. The highest BCUT2D eigenvalue weighted by Gasteiger charge is 2.33. The SMILES string of the molecule is FC(F)(F)OC1CC=CN1. The molecule has 0 saturated heterocycles. The van der Waals surface area contributed by atoms with E-state index in [1.54, 1.807) is 6.08 Å². The summed E-state index contributed by atoms with van der Waals surface area (Å²) in [5.74, 6) is 0. The molecule has 0 radical (unpaired) electrons. The summed E-state index contributed by atoms with van der Waals surface area (Å²) < 4.78 is 37.9. The summed E-state index contributed by atoms with van der Waals surface area (Å²) in [6.07, 6.45) is -2.18. The fourth-order valence-electron chi connectivity index (χ4n) is 0.678. The number of alkyl halides is 3. The first-order valence-electron chi connectivity index (χ1n) is 2.73. The van der Waals surface area contributed by atoms with E-state index in [0.29, 0.717) is 0 Å². The Morgan fingerprint density at radius 2 is 2.20 bits per heavy atom. The summed E-state index contributed by atoms with van der Waals surface area (Å²) >= 11 is 0. The zero-order chi connectivity index (χ0) is 7.61. The van der Waals surface area contributed by atoms with Gasteiger partial charge in [-0.2, -0.15) is 0 Å². The van der Waals surface area contributed by atoms with Crippen LogP contribution >= 0.6 is 0 Å². The van der Waals surface area contributed by atoms with E-state index in [1.165, 1.54) is 6.20 Å². The van der Waals surface area contributed by atoms with Gasteiger partial charge in [0.05, 0.1) is 0 Å². The normalized spacial score (nSPS) is 24.9. The van der Waals surface area contributed by atoms with Gasteiger partial charge in [0.15, 0.2) is 0 Å². The molecule has 1 atom stereocenters. The fourth-order valence-corrected chi connectivity index (χ4v) is 0.678. The Balaban J connectivity index is 2.26. The molecule has 5 heteroatoms. The number of rotatable bonds is 1. The molecular formula is C5H6F3NO. The Morgan fingerprint density at radius 3 is 2.60 bits per heavy atom. The van der Waals surface area contributed by atoms with Crippen LogP contribution in [0.25, 0.3) is 0 Å². The lowest BCUT2D eigenvalue weighted by Crippen LogP contribution is -2.30. The van der Waals surface area contributed by atoms with Crippen LogP contribution in [0.3, 0.4) is 0 Å². The first-order chi connectivity index (χ1) is 4.58. The zero-order valence-corrected chi connectivity index (χ0v) is 4.98. The van der Waals surface area contributed by atoms with Crippen molar-refractivity contribution in [3.8, 4) is 0 Å². The maximum Gasteiger partial charge on any atom is 0.524 e. The lowest BCUT2D eigenvalue weighted by atomic mass is 10.4. The van der Waals surface area contributed by atoms with Crippen molar-refractivity contribution in [1.82, 2.24) is 5.32 Å². The maximum absolute atomic E-state index is 11.4. The highest BCUT2D eigenvalue weighted by Crippen LogP contribution is 2.20. The van der Waals surface area contributed by atoms with Crippen molar-refractivity contribution in [2.75, 3.05) is 0 Å². The van der Waals surface area contributed by atoms with E-state index < -0.39 is 12.6 Å². The third kappa shape index (κ3) is 2.26. The van der Waals surface area contributed by atoms with E-state index in [-0.39, 0.29) is 6.42 Å². The standard InChI is InChI=1S/C5H6F3NO/c6-5(7,8)10-4-2-1-3-9-4/h1,3-4,9H,2H2. The molecule has 10 heavy (non-hydrogen) atoms. The molecule has 0 amide bonds. The van der Waals surface area contributed by atoms with E-state index in [4.69, 9.17) is 0 Å². The average molecular weight is 153 g/mol. The van der Waals surface area contributed by atoms with Crippen LogP contribution in [0.5, 0.6) is 0 Å². The van der Waals surface area contributed by atoms with Gasteiger partial charge in [0.25, 0.3) is 0 Å². The van der Waals surface area contributed by atoms with Crippen LogP contribution in [0.2, 0.25) is 0 Å². The molecular weight excluding hydrogens is 147 g/mol. The van der Waals surface area contributed by atoms with Gasteiger partial charge in [0, 0.05) is 6.42 Å². The molecule has 0 aromatic heterocycles. The molecule has 1 unspecified atom stereocenters. The molecule has 1 rings (SSSR count). The molecule has 0 saturated carbocycles. The Hall–Kier alpha value is -0.710. The second-order valence-corrected chi connectivity index (χ2v) is 1.86. The van der Waals surface area contributed by atoms with Gasteiger partial charge in [-0.05, 0) is 6.20 Å². The molecule has 0 aromatic rings. The second kappa shape index (κ2) is 2.49.